The summed E-state index contributed by atoms with van der Waals surface area (Å²) in [4.78, 5) is 8.07. The lowest BCUT2D eigenvalue weighted by atomic mass is 10.0. The van der Waals surface area contributed by atoms with E-state index in [-0.39, 0.29) is 5.82 Å². The zero-order valence-corrected chi connectivity index (χ0v) is 15.9. The van der Waals surface area contributed by atoms with Crippen molar-refractivity contribution in [2.75, 3.05) is 13.6 Å². The van der Waals surface area contributed by atoms with Crippen LogP contribution in [0.4, 0.5) is 10.1 Å². The smallest absolute Gasteiger partial charge is 0.125 e. The predicted molar refractivity (Wildman–Crippen MR) is 109 cm³/mol. The van der Waals surface area contributed by atoms with Crippen LogP contribution in [0.15, 0.2) is 47.6 Å². The van der Waals surface area contributed by atoms with Crippen molar-refractivity contribution < 1.29 is 4.39 Å². The number of nitrogens with zero attached hydrogens (tertiary/aromatic N) is 1. The van der Waals surface area contributed by atoms with Gasteiger partial charge in [-0.3, -0.25) is 4.99 Å². The molecule has 1 aromatic heterocycles. The molecule has 26 heavy (non-hydrogen) atoms. The number of aromatic nitrogens is 1. The van der Waals surface area contributed by atoms with Crippen LogP contribution in [0.2, 0.25) is 0 Å². The molecule has 0 radical (unpaired) electrons. The third-order valence-corrected chi connectivity index (χ3v) is 4.95. The Hall–Kier alpha value is -2.46. The van der Waals surface area contributed by atoms with E-state index in [9.17, 15) is 4.39 Å². The molecule has 0 aliphatic rings. The predicted octanol–water partition coefficient (Wildman–Crippen LogP) is 5.62. The van der Waals surface area contributed by atoms with E-state index in [1.54, 1.807) is 0 Å². The van der Waals surface area contributed by atoms with E-state index in [4.69, 9.17) is 4.99 Å². The van der Waals surface area contributed by atoms with Gasteiger partial charge in [0.05, 0.1) is 5.69 Å². The highest BCUT2D eigenvalue weighted by atomic mass is 19.1. The second-order valence-corrected chi connectivity index (χ2v) is 6.84. The van der Waals surface area contributed by atoms with Crippen molar-refractivity contribution >= 4 is 22.3 Å². The normalized spacial score (nSPS) is 13.3. The maximum Gasteiger partial charge on any atom is 0.125 e. The molecule has 0 aliphatic carbocycles. The summed E-state index contributed by atoms with van der Waals surface area (Å²) in [5.74, 6) is 0.221. The largest absolute Gasteiger partial charge is 0.360 e. The van der Waals surface area contributed by atoms with E-state index in [0.29, 0.717) is 5.92 Å². The molecule has 0 spiro atoms. The third kappa shape index (κ3) is 3.70. The Labute approximate surface area is 154 Å². The number of aromatic amines is 1. The van der Waals surface area contributed by atoms with Gasteiger partial charge in [0.2, 0.25) is 0 Å². The summed E-state index contributed by atoms with van der Waals surface area (Å²) in [5.41, 5.74) is 6.32. The van der Waals surface area contributed by atoms with Crippen LogP contribution in [0.1, 0.15) is 25.8 Å². The van der Waals surface area contributed by atoms with Gasteiger partial charge < -0.3 is 10.3 Å². The van der Waals surface area contributed by atoms with Crippen LogP contribution in [-0.4, -0.2) is 24.3 Å². The Morgan fingerprint density at radius 3 is 2.73 bits per heavy atom. The summed E-state index contributed by atoms with van der Waals surface area (Å²) in [6, 6.07) is 11.2. The van der Waals surface area contributed by atoms with Gasteiger partial charge in [-0.15, -0.1) is 0 Å². The molecule has 0 saturated carbocycles. The fourth-order valence-corrected chi connectivity index (χ4v) is 3.18. The topological polar surface area (TPSA) is 40.2 Å². The van der Waals surface area contributed by atoms with Crippen LogP contribution in [0.25, 0.3) is 22.0 Å². The van der Waals surface area contributed by atoms with Gasteiger partial charge >= 0.3 is 0 Å². The summed E-state index contributed by atoms with van der Waals surface area (Å²) in [7, 11) is 1.95. The standard InChI is InChI=1S/C22H26FN3/c1-5-14(2)22(13-24-4)26-20-9-6-16(10-15(20)3)19-12-25-21-11-17(23)7-8-18(19)21/h6-12,14,24-25H,5,13H2,1-4H3. The first-order chi connectivity index (χ1) is 12.5. The maximum absolute atomic E-state index is 13.4. The first-order valence-electron chi connectivity index (χ1n) is 9.13. The quantitative estimate of drug-likeness (QED) is 0.556. The van der Waals surface area contributed by atoms with Crippen LogP contribution in [0.5, 0.6) is 0 Å². The number of fused-ring (bicyclic) bond motifs is 1. The lowest BCUT2D eigenvalue weighted by molar-refractivity contribution is 0.629. The van der Waals surface area contributed by atoms with Crippen LogP contribution < -0.4 is 5.32 Å². The number of nitrogens with one attached hydrogen (secondary N) is 2. The van der Waals surface area contributed by atoms with Crippen molar-refractivity contribution in [3.05, 3.63) is 54.0 Å². The number of hydrogen-bond acceptors (Lipinski definition) is 2. The Kier molecular flexibility index (Phi) is 5.52. The monoisotopic (exact) mass is 351 g/mol. The molecular weight excluding hydrogens is 325 g/mol. The molecule has 3 rings (SSSR count). The van der Waals surface area contributed by atoms with Crippen LogP contribution in [-0.2, 0) is 0 Å². The van der Waals surface area contributed by atoms with Gasteiger partial charge in [0.15, 0.2) is 0 Å². The minimum absolute atomic E-state index is 0.228. The molecule has 0 amide bonds. The lowest BCUT2D eigenvalue weighted by Crippen LogP contribution is -2.24. The van der Waals surface area contributed by atoms with Gasteiger partial charge in [-0.25, -0.2) is 4.39 Å². The summed E-state index contributed by atoms with van der Waals surface area (Å²) < 4.78 is 13.4. The number of aryl methyl sites for hydroxylation is 1. The Bertz CT molecular complexity index is 940. The molecule has 1 heterocycles. The van der Waals surface area contributed by atoms with Crippen LogP contribution in [0, 0.1) is 18.7 Å². The van der Waals surface area contributed by atoms with Crippen molar-refractivity contribution in [3.63, 3.8) is 0 Å². The van der Waals surface area contributed by atoms with E-state index in [2.05, 4.69) is 49.3 Å². The van der Waals surface area contributed by atoms with E-state index < -0.39 is 0 Å². The van der Waals surface area contributed by atoms with Gasteiger partial charge in [0.1, 0.15) is 5.82 Å². The van der Waals surface area contributed by atoms with Gasteiger partial charge in [-0.05, 0) is 67.8 Å². The average molecular weight is 351 g/mol. The first kappa shape index (κ1) is 18.3. The number of benzene rings is 2. The summed E-state index contributed by atoms with van der Waals surface area (Å²) in [6.45, 7) is 7.28. The zero-order chi connectivity index (χ0) is 18.7. The van der Waals surface area contributed by atoms with E-state index in [1.165, 1.54) is 17.8 Å². The number of rotatable bonds is 6. The molecule has 0 saturated heterocycles. The minimum Gasteiger partial charge on any atom is -0.360 e. The van der Waals surface area contributed by atoms with E-state index in [1.807, 2.05) is 19.3 Å². The molecule has 136 valence electrons. The molecule has 0 bridgehead atoms. The summed E-state index contributed by atoms with van der Waals surface area (Å²) >= 11 is 0. The SMILES string of the molecule is CCC(C)C(CNC)=Nc1ccc(-c2c[nH]c3cc(F)ccc23)cc1C. The Morgan fingerprint density at radius 2 is 2.04 bits per heavy atom. The molecule has 3 nitrogen and oxygen atoms in total. The molecule has 3 aromatic rings. The molecule has 2 aromatic carbocycles. The van der Waals surface area contributed by atoms with Crippen LogP contribution in [0.3, 0.4) is 0 Å². The minimum atomic E-state index is -0.228. The lowest BCUT2D eigenvalue weighted by Gasteiger charge is -2.14. The third-order valence-electron chi connectivity index (χ3n) is 4.95. The molecular formula is C22H26FN3. The van der Waals surface area contributed by atoms with E-state index in [0.717, 1.165) is 46.2 Å². The van der Waals surface area contributed by atoms with E-state index >= 15 is 0 Å². The van der Waals surface area contributed by atoms with Gasteiger partial charge in [-0.2, -0.15) is 0 Å². The fraction of sp³-hybridized carbons (Fsp3) is 0.318. The molecule has 1 atom stereocenters. The molecule has 4 heteroatoms. The second-order valence-electron chi connectivity index (χ2n) is 6.84. The number of hydrogen-bond donors (Lipinski definition) is 2. The van der Waals surface area contributed by atoms with Crippen molar-refractivity contribution in [2.24, 2.45) is 10.9 Å². The molecule has 0 aliphatic heterocycles. The summed E-state index contributed by atoms with van der Waals surface area (Å²) in [5, 5.41) is 4.24. The van der Waals surface area contributed by atoms with Crippen molar-refractivity contribution in [2.45, 2.75) is 27.2 Å². The van der Waals surface area contributed by atoms with Gasteiger partial charge in [0, 0.05) is 34.9 Å². The van der Waals surface area contributed by atoms with Crippen LogP contribution >= 0.6 is 0 Å². The van der Waals surface area contributed by atoms with Crippen molar-refractivity contribution in [1.82, 2.24) is 10.3 Å². The van der Waals surface area contributed by atoms with Crippen molar-refractivity contribution in [1.29, 1.82) is 0 Å². The highest BCUT2D eigenvalue weighted by molar-refractivity contribution is 5.96. The van der Waals surface area contributed by atoms with Gasteiger partial charge in [-0.1, -0.05) is 19.9 Å². The Morgan fingerprint density at radius 1 is 1.23 bits per heavy atom. The Balaban J connectivity index is 1.99. The highest BCUT2D eigenvalue weighted by Crippen LogP contribution is 2.32. The highest BCUT2D eigenvalue weighted by Gasteiger charge is 2.11. The molecule has 1 unspecified atom stereocenters. The van der Waals surface area contributed by atoms with Crippen molar-refractivity contribution in [3.8, 4) is 11.1 Å². The maximum atomic E-state index is 13.4. The second kappa shape index (κ2) is 7.83. The molecule has 0 fully saturated rings. The summed E-state index contributed by atoms with van der Waals surface area (Å²) in [6.07, 6.45) is 3.01. The van der Waals surface area contributed by atoms with Gasteiger partial charge in [0.25, 0.3) is 0 Å². The molecule has 2 N–H and O–H groups in total. The number of H-pyrrole nitrogens is 1. The first-order valence-corrected chi connectivity index (χ1v) is 9.13. The number of aliphatic imine (C=N–C) groups is 1. The zero-order valence-electron chi connectivity index (χ0n) is 15.9. The average Bonchev–Trinajstić information content (AvgIpc) is 3.05. The number of halogens is 1. The fourth-order valence-electron chi connectivity index (χ4n) is 3.18.